The minimum atomic E-state index is 0.0806. The first-order valence-electron chi connectivity index (χ1n) is 9.89. The van der Waals surface area contributed by atoms with Gasteiger partial charge in [0.05, 0.1) is 13.2 Å². The summed E-state index contributed by atoms with van der Waals surface area (Å²) in [5, 5.41) is 4.24. The summed E-state index contributed by atoms with van der Waals surface area (Å²) in [4.78, 5) is 22.2. The Morgan fingerprint density at radius 3 is 2.86 bits per heavy atom. The molecule has 0 spiro atoms. The SMILES string of the molecule is O=C(CCCc1c[nH]c2ccccc12)NCc1ccc(N2CCOCC2)nc1. The van der Waals surface area contributed by atoms with Crippen molar-refractivity contribution >= 4 is 22.6 Å². The quantitative estimate of drug-likeness (QED) is 0.663. The van der Waals surface area contributed by atoms with Crippen LogP contribution in [0, 0.1) is 0 Å². The summed E-state index contributed by atoms with van der Waals surface area (Å²) in [6, 6.07) is 12.3. The lowest BCUT2D eigenvalue weighted by Crippen LogP contribution is -2.36. The van der Waals surface area contributed by atoms with Crippen molar-refractivity contribution in [1.29, 1.82) is 0 Å². The van der Waals surface area contributed by atoms with E-state index in [4.69, 9.17) is 4.74 Å². The highest BCUT2D eigenvalue weighted by Crippen LogP contribution is 2.19. The first-order chi connectivity index (χ1) is 13.8. The number of aryl methyl sites for hydroxylation is 1. The maximum absolute atomic E-state index is 12.2. The van der Waals surface area contributed by atoms with Crippen LogP contribution in [0.4, 0.5) is 5.82 Å². The van der Waals surface area contributed by atoms with Crippen LogP contribution in [0.3, 0.4) is 0 Å². The number of morpholine rings is 1. The zero-order chi connectivity index (χ0) is 19.2. The lowest BCUT2D eigenvalue weighted by Gasteiger charge is -2.27. The number of hydrogen-bond acceptors (Lipinski definition) is 4. The monoisotopic (exact) mass is 378 g/mol. The molecule has 1 amide bonds. The van der Waals surface area contributed by atoms with Crippen molar-refractivity contribution < 1.29 is 9.53 Å². The summed E-state index contributed by atoms with van der Waals surface area (Å²) >= 11 is 0. The Morgan fingerprint density at radius 2 is 2.04 bits per heavy atom. The maximum Gasteiger partial charge on any atom is 0.220 e. The van der Waals surface area contributed by atoms with Gasteiger partial charge in [-0.25, -0.2) is 4.98 Å². The fourth-order valence-corrected chi connectivity index (χ4v) is 3.57. The van der Waals surface area contributed by atoms with E-state index in [1.165, 1.54) is 10.9 Å². The van der Waals surface area contributed by atoms with Gasteiger partial charge >= 0.3 is 0 Å². The van der Waals surface area contributed by atoms with Crippen molar-refractivity contribution in [1.82, 2.24) is 15.3 Å². The highest BCUT2D eigenvalue weighted by molar-refractivity contribution is 5.83. The molecular formula is C22H26N4O2. The minimum Gasteiger partial charge on any atom is -0.378 e. The van der Waals surface area contributed by atoms with E-state index in [1.807, 2.05) is 36.7 Å². The van der Waals surface area contributed by atoms with E-state index in [0.29, 0.717) is 13.0 Å². The number of aromatic amines is 1. The third-order valence-electron chi connectivity index (χ3n) is 5.16. The predicted molar refractivity (Wildman–Crippen MR) is 110 cm³/mol. The number of hydrogen-bond donors (Lipinski definition) is 2. The largest absolute Gasteiger partial charge is 0.378 e. The number of carbonyl (C=O) groups is 1. The van der Waals surface area contributed by atoms with Crippen LogP contribution in [0.15, 0.2) is 48.8 Å². The van der Waals surface area contributed by atoms with Crippen LogP contribution in [0.5, 0.6) is 0 Å². The first kappa shape index (κ1) is 18.5. The number of H-pyrrole nitrogens is 1. The molecule has 1 aromatic carbocycles. The zero-order valence-corrected chi connectivity index (χ0v) is 16.0. The van der Waals surface area contributed by atoms with Crippen molar-refractivity contribution in [3.8, 4) is 0 Å². The maximum atomic E-state index is 12.2. The summed E-state index contributed by atoms with van der Waals surface area (Å²) in [5.41, 5.74) is 3.43. The van der Waals surface area contributed by atoms with Crippen molar-refractivity contribution in [2.45, 2.75) is 25.8 Å². The van der Waals surface area contributed by atoms with Gasteiger partial charge in [-0.15, -0.1) is 0 Å². The number of carbonyl (C=O) groups excluding carboxylic acids is 1. The normalized spacial score (nSPS) is 14.4. The Balaban J connectivity index is 1.21. The van der Waals surface area contributed by atoms with Gasteiger partial charge in [0, 0.05) is 49.4 Å². The molecule has 2 N–H and O–H groups in total. The predicted octanol–water partition coefficient (Wildman–Crippen LogP) is 3.04. The number of pyridine rings is 1. The Labute approximate surface area is 164 Å². The summed E-state index contributed by atoms with van der Waals surface area (Å²) in [6.07, 6.45) is 6.15. The van der Waals surface area contributed by atoms with Gasteiger partial charge in [0.1, 0.15) is 5.82 Å². The number of benzene rings is 1. The number of aromatic nitrogens is 2. The van der Waals surface area contributed by atoms with Gasteiger partial charge in [-0.3, -0.25) is 4.79 Å². The molecule has 0 saturated carbocycles. The van der Waals surface area contributed by atoms with Gasteiger partial charge < -0.3 is 19.9 Å². The molecule has 1 aliphatic rings. The fourth-order valence-electron chi connectivity index (χ4n) is 3.57. The van der Waals surface area contributed by atoms with Crippen molar-refractivity contribution in [2.75, 3.05) is 31.2 Å². The van der Waals surface area contributed by atoms with Crippen molar-refractivity contribution in [3.05, 3.63) is 59.9 Å². The Morgan fingerprint density at radius 1 is 1.18 bits per heavy atom. The standard InChI is InChI=1S/C22H26N4O2/c27-22(7-3-4-18-16-23-20-6-2-1-5-19(18)20)25-15-17-8-9-21(24-14-17)26-10-12-28-13-11-26/h1-2,5-6,8-9,14,16,23H,3-4,7,10-13,15H2,(H,25,27). The molecule has 0 unspecified atom stereocenters. The summed E-state index contributed by atoms with van der Waals surface area (Å²) in [5.74, 6) is 1.05. The Kier molecular flexibility index (Phi) is 5.87. The third kappa shape index (κ3) is 4.51. The lowest BCUT2D eigenvalue weighted by molar-refractivity contribution is -0.121. The number of anilines is 1. The molecule has 3 heterocycles. The first-order valence-corrected chi connectivity index (χ1v) is 9.89. The van der Waals surface area contributed by atoms with E-state index in [9.17, 15) is 4.79 Å². The Bertz CT molecular complexity index is 914. The summed E-state index contributed by atoms with van der Waals surface area (Å²) in [6.45, 7) is 3.76. The highest BCUT2D eigenvalue weighted by Gasteiger charge is 2.12. The van der Waals surface area contributed by atoms with Crippen LogP contribution >= 0.6 is 0 Å². The van der Waals surface area contributed by atoms with Gasteiger partial charge in [0.15, 0.2) is 0 Å². The second-order valence-corrected chi connectivity index (χ2v) is 7.11. The molecule has 0 bridgehead atoms. The number of fused-ring (bicyclic) bond motifs is 1. The highest BCUT2D eigenvalue weighted by atomic mass is 16.5. The topological polar surface area (TPSA) is 70.2 Å². The third-order valence-corrected chi connectivity index (χ3v) is 5.16. The smallest absolute Gasteiger partial charge is 0.220 e. The van der Waals surface area contributed by atoms with Gasteiger partial charge in [0.2, 0.25) is 5.91 Å². The van der Waals surface area contributed by atoms with Gasteiger partial charge in [-0.05, 0) is 36.1 Å². The molecular weight excluding hydrogens is 352 g/mol. The molecule has 0 atom stereocenters. The van der Waals surface area contributed by atoms with E-state index in [0.717, 1.165) is 56.0 Å². The van der Waals surface area contributed by atoms with E-state index in [-0.39, 0.29) is 5.91 Å². The molecule has 0 radical (unpaired) electrons. The average molecular weight is 378 g/mol. The number of para-hydroxylation sites is 1. The van der Waals surface area contributed by atoms with E-state index >= 15 is 0 Å². The average Bonchev–Trinajstić information content (AvgIpc) is 3.16. The molecule has 1 fully saturated rings. The van der Waals surface area contributed by atoms with E-state index in [1.54, 1.807) is 0 Å². The molecule has 28 heavy (non-hydrogen) atoms. The van der Waals surface area contributed by atoms with E-state index < -0.39 is 0 Å². The second-order valence-electron chi connectivity index (χ2n) is 7.11. The second kappa shape index (κ2) is 8.89. The van der Waals surface area contributed by atoms with Crippen LogP contribution in [0.1, 0.15) is 24.0 Å². The molecule has 1 saturated heterocycles. The van der Waals surface area contributed by atoms with Crippen molar-refractivity contribution in [2.24, 2.45) is 0 Å². The number of nitrogens with zero attached hydrogens (tertiary/aromatic N) is 2. The van der Waals surface area contributed by atoms with Crippen LogP contribution in [-0.2, 0) is 22.5 Å². The Hall–Kier alpha value is -2.86. The molecule has 6 nitrogen and oxygen atoms in total. The van der Waals surface area contributed by atoms with Crippen LogP contribution in [0.25, 0.3) is 10.9 Å². The molecule has 146 valence electrons. The van der Waals surface area contributed by atoms with Crippen LogP contribution < -0.4 is 10.2 Å². The molecule has 1 aliphatic heterocycles. The minimum absolute atomic E-state index is 0.0806. The molecule has 0 aliphatic carbocycles. The van der Waals surface area contributed by atoms with Gasteiger partial charge in [-0.2, -0.15) is 0 Å². The number of amides is 1. The van der Waals surface area contributed by atoms with Gasteiger partial charge in [0.25, 0.3) is 0 Å². The van der Waals surface area contributed by atoms with Crippen LogP contribution in [0.2, 0.25) is 0 Å². The molecule has 4 rings (SSSR count). The molecule has 3 aromatic rings. The van der Waals surface area contributed by atoms with Crippen molar-refractivity contribution in [3.63, 3.8) is 0 Å². The van der Waals surface area contributed by atoms with Crippen LogP contribution in [-0.4, -0.2) is 42.2 Å². The number of nitrogens with one attached hydrogen (secondary N) is 2. The summed E-state index contributed by atoms with van der Waals surface area (Å²) in [7, 11) is 0. The molecule has 6 heteroatoms. The fraction of sp³-hybridized carbons (Fsp3) is 0.364. The number of rotatable bonds is 7. The number of ether oxygens (including phenoxy) is 1. The zero-order valence-electron chi connectivity index (χ0n) is 16.0. The molecule has 2 aromatic heterocycles. The van der Waals surface area contributed by atoms with Gasteiger partial charge in [-0.1, -0.05) is 24.3 Å². The van der Waals surface area contributed by atoms with E-state index in [2.05, 4.69) is 32.3 Å². The summed E-state index contributed by atoms with van der Waals surface area (Å²) < 4.78 is 5.37. The lowest BCUT2D eigenvalue weighted by atomic mass is 10.1.